The van der Waals surface area contributed by atoms with E-state index < -0.39 is 34.0 Å². The summed E-state index contributed by atoms with van der Waals surface area (Å²) < 4.78 is 0.831. The molecule has 0 unspecified atom stereocenters. The van der Waals surface area contributed by atoms with Crippen molar-refractivity contribution in [3.05, 3.63) is 70.8 Å². The van der Waals surface area contributed by atoms with Crippen molar-refractivity contribution < 1.29 is 33.9 Å². The summed E-state index contributed by atoms with van der Waals surface area (Å²) in [5, 5.41) is 23.7. The van der Waals surface area contributed by atoms with E-state index in [4.69, 9.17) is 11.6 Å². The molecule has 0 spiro atoms. The normalized spacial score (nSPS) is 12.0. The van der Waals surface area contributed by atoms with E-state index in [2.05, 4.69) is 25.6 Å². The summed E-state index contributed by atoms with van der Waals surface area (Å²) in [7, 11) is 0. The number of carbonyl (C=O) groups excluding carboxylic acids is 6. The Bertz CT molecular complexity index is 1630. The van der Waals surface area contributed by atoms with Crippen molar-refractivity contribution in [2.45, 2.75) is 30.9 Å². The van der Waals surface area contributed by atoms with Crippen LogP contribution < -0.4 is 0 Å². The second-order valence-electron chi connectivity index (χ2n) is 9.32. The first-order valence-electron chi connectivity index (χ1n) is 12.4. The molecular weight excluding hydrogens is 568 g/mol. The van der Waals surface area contributed by atoms with Gasteiger partial charge in [0.1, 0.15) is 36.4 Å². The number of imidazole rings is 1. The van der Waals surface area contributed by atoms with Gasteiger partial charge in [0.2, 0.25) is 5.82 Å². The minimum atomic E-state index is -2.61. The molecule has 14 heteroatoms. The van der Waals surface area contributed by atoms with E-state index in [0.717, 1.165) is 4.57 Å². The van der Waals surface area contributed by atoms with Crippen molar-refractivity contribution in [2.24, 2.45) is 5.41 Å². The van der Waals surface area contributed by atoms with E-state index in [1.165, 1.54) is 19.1 Å². The van der Waals surface area contributed by atoms with Gasteiger partial charge in [-0.1, -0.05) is 67.1 Å². The summed E-state index contributed by atoms with van der Waals surface area (Å²) in [6, 6.07) is 13.3. The zero-order chi connectivity index (χ0) is 30.5. The molecule has 2 aromatic heterocycles. The number of tetrazole rings is 1. The summed E-state index contributed by atoms with van der Waals surface area (Å²) in [6.45, 7) is 0.505. The van der Waals surface area contributed by atoms with E-state index in [1.807, 2.05) is 0 Å². The molecule has 2 heterocycles. The lowest BCUT2D eigenvalue weighted by molar-refractivity contribution is -0.142. The molecule has 0 aliphatic carbocycles. The van der Waals surface area contributed by atoms with Gasteiger partial charge < -0.3 is 28.9 Å². The number of rotatable bonds is 14. The van der Waals surface area contributed by atoms with Crippen molar-refractivity contribution >= 4 is 49.3 Å². The van der Waals surface area contributed by atoms with E-state index in [1.54, 1.807) is 36.4 Å². The van der Waals surface area contributed by atoms with Crippen LogP contribution in [0.4, 0.5) is 0 Å². The minimum Gasteiger partial charge on any atom is -0.390 e. The molecule has 0 amide bonds. The molecule has 13 nitrogen and oxygen atoms in total. The lowest BCUT2D eigenvalue weighted by atomic mass is 9.64. The lowest BCUT2D eigenvalue weighted by Gasteiger charge is -2.37. The maximum Gasteiger partial charge on any atom is 0.205 e. The van der Waals surface area contributed by atoms with Crippen LogP contribution >= 0.6 is 11.6 Å². The number of nitrogens with one attached hydrogen (secondary N) is 1. The summed E-state index contributed by atoms with van der Waals surface area (Å²) in [6.07, 6.45) is 0.473. The third kappa shape index (κ3) is 4.30. The van der Waals surface area contributed by atoms with Crippen LogP contribution in [0.3, 0.4) is 0 Å². The van der Waals surface area contributed by atoms with Crippen molar-refractivity contribution in [1.29, 1.82) is 0 Å². The molecule has 0 fully saturated rings. The third-order valence-electron chi connectivity index (χ3n) is 7.49. The molecule has 214 valence electrons. The summed E-state index contributed by atoms with van der Waals surface area (Å²) >= 11 is 6.28. The Morgan fingerprint density at radius 2 is 1.50 bits per heavy atom. The highest BCUT2D eigenvalue weighted by molar-refractivity contribution is 6.30. The van der Waals surface area contributed by atoms with Crippen molar-refractivity contribution in [3.63, 3.8) is 0 Å². The van der Waals surface area contributed by atoms with E-state index >= 15 is 0 Å². The summed E-state index contributed by atoms with van der Waals surface area (Å²) in [4.78, 5) is 79.4. The Morgan fingerprint density at radius 1 is 0.881 bits per heavy atom. The van der Waals surface area contributed by atoms with Crippen LogP contribution in [-0.4, -0.2) is 73.0 Å². The van der Waals surface area contributed by atoms with Gasteiger partial charge in [0.05, 0.1) is 12.3 Å². The Morgan fingerprint density at radius 3 is 1.98 bits per heavy atom. The van der Waals surface area contributed by atoms with E-state index in [9.17, 15) is 33.9 Å². The largest absolute Gasteiger partial charge is 0.390 e. The zero-order valence-corrected chi connectivity index (χ0v) is 22.8. The average molecular weight is 591 g/mol. The third-order valence-corrected chi connectivity index (χ3v) is 7.79. The zero-order valence-electron chi connectivity index (χ0n) is 22.0. The highest BCUT2D eigenvalue weighted by Crippen LogP contribution is 2.43. The number of aromatic nitrogens is 6. The second-order valence-corrected chi connectivity index (χ2v) is 9.68. The lowest BCUT2D eigenvalue weighted by Crippen LogP contribution is -2.54. The van der Waals surface area contributed by atoms with Crippen molar-refractivity contribution in [2.75, 3.05) is 0 Å². The predicted octanol–water partition coefficient (Wildman–Crippen LogP) is 1.45. The Labute approximate surface area is 242 Å². The Kier molecular flexibility index (Phi) is 8.45. The Balaban J connectivity index is 1.99. The molecule has 0 radical (unpaired) electrons. The van der Waals surface area contributed by atoms with Crippen LogP contribution in [0.5, 0.6) is 0 Å². The quantitative estimate of drug-likeness (QED) is 0.159. The first-order chi connectivity index (χ1) is 20.3. The van der Waals surface area contributed by atoms with Gasteiger partial charge in [-0.25, -0.2) is 4.98 Å². The van der Waals surface area contributed by atoms with Crippen LogP contribution in [0.2, 0.25) is 5.15 Å². The molecule has 0 aliphatic heterocycles. The molecule has 4 rings (SSSR count). The number of halogens is 1. The topological polar surface area (TPSA) is 195 Å². The number of aliphatic hydroxyl groups excluding tert-OH is 1. The van der Waals surface area contributed by atoms with Crippen LogP contribution in [-0.2, 0) is 46.3 Å². The molecule has 0 aliphatic rings. The monoisotopic (exact) mass is 590 g/mol. The average Bonchev–Trinajstić information content (AvgIpc) is 3.70. The standard InChI is InChI=1S/C28H23ClN6O7/c1-2-26(12-37,13-38)27(14-39,15-40)25-30-23(29)22(11-36)35(25)28(16-41,17-42)19-9-7-18(8-10-19)20-5-3-4-6-21(20)24-31-33-34-32-24/h3-10,12-17,36H,2,11H2,1H3,(H,31,32,33,34). The number of aldehydes is 6. The summed E-state index contributed by atoms with van der Waals surface area (Å²) in [5.74, 6) is -0.313. The van der Waals surface area contributed by atoms with Gasteiger partial charge in [-0.05, 0) is 28.3 Å². The molecule has 0 bridgehead atoms. The van der Waals surface area contributed by atoms with Crippen LogP contribution in [0, 0.1) is 5.41 Å². The number of hydrogen-bond donors (Lipinski definition) is 2. The van der Waals surface area contributed by atoms with Gasteiger partial charge in [-0.2, -0.15) is 5.21 Å². The fraction of sp³-hybridized carbons (Fsp3) is 0.214. The van der Waals surface area contributed by atoms with Gasteiger partial charge in [-0.15, -0.1) is 10.2 Å². The number of nitrogens with zero attached hydrogens (tertiary/aromatic N) is 5. The molecule has 42 heavy (non-hydrogen) atoms. The molecule has 4 aromatic rings. The predicted molar refractivity (Wildman–Crippen MR) is 146 cm³/mol. The number of aromatic amines is 1. The second kappa shape index (κ2) is 11.8. The molecular formula is C28H23ClN6O7. The number of carbonyl (C=O) groups is 6. The minimum absolute atomic E-state index is 0.0308. The van der Waals surface area contributed by atoms with Gasteiger partial charge >= 0.3 is 0 Å². The van der Waals surface area contributed by atoms with Gasteiger partial charge in [-0.3, -0.25) is 9.59 Å². The molecule has 0 saturated carbocycles. The Hall–Kier alpha value is -5.01. The van der Waals surface area contributed by atoms with Crippen LogP contribution in [0.25, 0.3) is 22.5 Å². The van der Waals surface area contributed by atoms with Crippen molar-refractivity contribution in [1.82, 2.24) is 30.2 Å². The van der Waals surface area contributed by atoms with E-state index in [0.29, 0.717) is 22.5 Å². The number of aliphatic hydroxyl groups is 1. The van der Waals surface area contributed by atoms with Crippen LogP contribution in [0.15, 0.2) is 48.5 Å². The van der Waals surface area contributed by atoms with Gasteiger partial charge in [0.15, 0.2) is 28.7 Å². The van der Waals surface area contributed by atoms with Crippen LogP contribution in [0.1, 0.15) is 30.4 Å². The van der Waals surface area contributed by atoms with Crippen molar-refractivity contribution in [3.8, 4) is 22.5 Å². The maximum absolute atomic E-state index is 12.9. The molecule has 2 aromatic carbocycles. The molecule has 0 saturated heterocycles. The number of benzene rings is 2. The maximum atomic E-state index is 12.9. The smallest absolute Gasteiger partial charge is 0.205 e. The van der Waals surface area contributed by atoms with Gasteiger partial charge in [0, 0.05) is 5.56 Å². The summed E-state index contributed by atoms with van der Waals surface area (Å²) in [5.41, 5.74) is -5.53. The first-order valence-corrected chi connectivity index (χ1v) is 12.8. The number of H-pyrrole nitrogens is 1. The van der Waals surface area contributed by atoms with Gasteiger partial charge in [0.25, 0.3) is 0 Å². The number of hydrogen-bond acceptors (Lipinski definition) is 11. The van der Waals surface area contributed by atoms with E-state index in [-0.39, 0.29) is 55.4 Å². The SMILES string of the molecule is CCC(C=O)(C=O)C(C=O)(C=O)c1nc(Cl)c(CO)n1C(C=O)(C=O)c1ccc(-c2ccccc2-c2nn[nH]n2)cc1. The first kappa shape index (κ1) is 30.0. The fourth-order valence-corrected chi connectivity index (χ4v) is 5.23. The highest BCUT2D eigenvalue weighted by atomic mass is 35.5. The molecule has 2 N–H and O–H groups in total. The highest BCUT2D eigenvalue weighted by Gasteiger charge is 2.57. The molecule has 0 atom stereocenters. The fourth-order valence-electron chi connectivity index (χ4n) is 5.00.